The highest BCUT2D eigenvalue weighted by molar-refractivity contribution is 6.31. The summed E-state index contributed by atoms with van der Waals surface area (Å²) in [6, 6.07) is 35.4. The number of carboxylic acids is 6. The van der Waals surface area contributed by atoms with E-state index in [1.807, 2.05) is 36.4 Å². The predicted molar refractivity (Wildman–Crippen MR) is 275 cm³/mol. The van der Waals surface area contributed by atoms with Crippen molar-refractivity contribution in [3.8, 4) is 0 Å². The number of carboxylic acid groups (broad SMARTS) is 6. The van der Waals surface area contributed by atoms with Crippen LogP contribution in [0.25, 0.3) is 0 Å². The standard InChI is InChI=1S/C11H14O2.C9H6ClF3O2.C9H9ClO2.C9H7F3O2.2C8H7ClO2/c1-8(2)10-5-3-9(4-6-10)7-11(12)13;10-7-2-5(3-8(14)15)1-6(4-7)9(11,12)13;10-8-4-1-7(2-5-8)3-6-9(11)12;10-9(11,12)7-3-1-6(2-4-7)5-8(13)14;9-7-3-1-6(2-4-7)5-8(10)11;9-7-3-1-2-6(4-7)5-8(10)11/h3-6,8H,7H2,1-2H3,(H,12,13);1-2,4H,3H2,(H,14,15);1-2,4-5H,3,6H2,(H,11,12);1-4H,5H2,(H,13,14);2*1-4H,5H2,(H,10,11). The molecule has 0 radical (unpaired) electrons. The molecule has 0 spiro atoms. The predicted octanol–water partition coefficient (Wildman–Crippen LogP) is 14.0. The second kappa shape index (κ2) is 33.7. The smallest absolute Gasteiger partial charge is 0.416 e. The van der Waals surface area contributed by atoms with Crippen molar-refractivity contribution in [3.63, 3.8) is 0 Å². The van der Waals surface area contributed by atoms with Gasteiger partial charge >= 0.3 is 48.2 Å². The van der Waals surface area contributed by atoms with Crippen LogP contribution in [0.1, 0.15) is 76.3 Å². The molecule has 0 fully saturated rings. The van der Waals surface area contributed by atoms with Gasteiger partial charge in [-0.1, -0.05) is 133 Å². The fraction of sp³-hybridized carbons (Fsp3) is 0.222. The molecule has 0 aliphatic heterocycles. The maximum atomic E-state index is 12.3. The molecule has 76 heavy (non-hydrogen) atoms. The minimum Gasteiger partial charge on any atom is -0.481 e. The molecule has 6 aromatic rings. The first kappa shape index (κ1) is 66.9. The van der Waals surface area contributed by atoms with Crippen molar-refractivity contribution in [3.05, 3.63) is 210 Å². The first-order chi connectivity index (χ1) is 35.3. The van der Waals surface area contributed by atoms with Crippen LogP contribution in [0.4, 0.5) is 26.3 Å². The summed E-state index contributed by atoms with van der Waals surface area (Å²) in [5.41, 5.74) is 3.27. The lowest BCUT2D eigenvalue weighted by atomic mass is 10.0. The molecule has 408 valence electrons. The maximum absolute atomic E-state index is 12.3. The van der Waals surface area contributed by atoms with E-state index in [1.54, 1.807) is 60.7 Å². The molecular weight excluding hydrogens is 1100 g/mol. The molecule has 12 nitrogen and oxygen atoms in total. The van der Waals surface area contributed by atoms with Crippen molar-refractivity contribution < 1.29 is 85.7 Å². The van der Waals surface area contributed by atoms with Gasteiger partial charge in [0.15, 0.2) is 0 Å². The molecule has 0 saturated heterocycles. The Labute approximate surface area is 452 Å². The van der Waals surface area contributed by atoms with Crippen molar-refractivity contribution in [2.24, 2.45) is 0 Å². The molecule has 0 saturated carbocycles. The fourth-order valence-corrected chi connectivity index (χ4v) is 6.50. The number of hydrogen-bond acceptors (Lipinski definition) is 6. The van der Waals surface area contributed by atoms with Gasteiger partial charge in [0, 0.05) is 26.5 Å². The van der Waals surface area contributed by atoms with Crippen LogP contribution < -0.4 is 0 Å². The first-order valence-corrected chi connectivity index (χ1v) is 23.5. The van der Waals surface area contributed by atoms with E-state index < -0.39 is 65.7 Å². The van der Waals surface area contributed by atoms with Crippen LogP contribution in [0.15, 0.2) is 140 Å². The Kier molecular flexibility index (Phi) is 29.7. The van der Waals surface area contributed by atoms with Crippen molar-refractivity contribution in [1.29, 1.82) is 0 Å². The van der Waals surface area contributed by atoms with Gasteiger partial charge in [0.05, 0.1) is 43.2 Å². The van der Waals surface area contributed by atoms with Gasteiger partial charge in [-0.25, -0.2) is 0 Å². The topological polar surface area (TPSA) is 224 Å². The lowest BCUT2D eigenvalue weighted by Gasteiger charge is -2.08. The molecular formula is C54H50Cl4F6O12. The number of aliphatic carboxylic acids is 6. The van der Waals surface area contributed by atoms with Gasteiger partial charge in [-0.2, -0.15) is 26.3 Å². The highest BCUT2D eigenvalue weighted by Gasteiger charge is 2.31. The summed E-state index contributed by atoms with van der Waals surface area (Å²) in [6.45, 7) is 4.23. The normalized spacial score (nSPS) is 10.4. The summed E-state index contributed by atoms with van der Waals surface area (Å²) in [6.07, 6.45) is -8.72. The highest BCUT2D eigenvalue weighted by atomic mass is 35.5. The van der Waals surface area contributed by atoms with Crippen LogP contribution in [0.3, 0.4) is 0 Å². The monoisotopic (exact) mass is 1140 g/mol. The number of halogens is 10. The van der Waals surface area contributed by atoms with Crippen LogP contribution in [-0.4, -0.2) is 66.5 Å². The molecule has 22 heteroatoms. The van der Waals surface area contributed by atoms with Gasteiger partial charge in [-0.15, -0.1) is 0 Å². The van der Waals surface area contributed by atoms with Crippen molar-refractivity contribution in [2.75, 3.05) is 0 Å². The zero-order chi connectivity index (χ0) is 57.8. The number of alkyl halides is 6. The molecule has 0 bridgehead atoms. The Hall–Kier alpha value is -7.12. The van der Waals surface area contributed by atoms with Gasteiger partial charge in [0.2, 0.25) is 0 Å². The van der Waals surface area contributed by atoms with E-state index in [4.69, 9.17) is 77.0 Å². The summed E-state index contributed by atoms with van der Waals surface area (Å²) in [4.78, 5) is 61.6. The van der Waals surface area contributed by atoms with Gasteiger partial charge in [0.1, 0.15) is 0 Å². The van der Waals surface area contributed by atoms with E-state index in [0.29, 0.717) is 33.0 Å². The van der Waals surface area contributed by atoms with E-state index in [0.717, 1.165) is 58.7 Å². The van der Waals surface area contributed by atoms with E-state index in [1.165, 1.54) is 11.6 Å². The van der Waals surface area contributed by atoms with Gasteiger partial charge in [0.25, 0.3) is 0 Å². The largest absolute Gasteiger partial charge is 0.481 e. The molecule has 0 aliphatic carbocycles. The molecule has 0 unspecified atom stereocenters. The van der Waals surface area contributed by atoms with Crippen molar-refractivity contribution >= 4 is 82.2 Å². The van der Waals surface area contributed by atoms with E-state index in [9.17, 15) is 55.1 Å². The summed E-state index contributed by atoms with van der Waals surface area (Å²) in [7, 11) is 0. The third-order valence-electron chi connectivity index (χ3n) is 9.33. The minimum atomic E-state index is -4.52. The van der Waals surface area contributed by atoms with Crippen molar-refractivity contribution in [1.82, 2.24) is 0 Å². The Morgan fingerprint density at radius 2 is 0.737 bits per heavy atom. The molecule has 0 amide bonds. The SMILES string of the molecule is CC(C)c1ccc(CC(=O)O)cc1.O=C(O)CCc1ccc(Cl)cc1.O=C(O)Cc1cc(Cl)cc(C(F)(F)F)c1.O=C(O)Cc1ccc(C(F)(F)F)cc1.O=C(O)Cc1ccc(Cl)cc1.O=C(O)Cc1cccc(Cl)c1. The quantitative estimate of drug-likeness (QED) is 0.0561. The molecule has 6 N–H and O–H groups in total. The molecule has 0 heterocycles. The maximum Gasteiger partial charge on any atom is 0.416 e. The second-order valence-electron chi connectivity index (χ2n) is 16.1. The van der Waals surface area contributed by atoms with Crippen LogP contribution in [0, 0.1) is 0 Å². The average Bonchev–Trinajstić information content (AvgIpc) is 3.29. The zero-order valence-electron chi connectivity index (χ0n) is 40.2. The summed E-state index contributed by atoms with van der Waals surface area (Å²) in [5.74, 6) is -4.99. The van der Waals surface area contributed by atoms with Crippen molar-refractivity contribution in [2.45, 2.75) is 77.1 Å². The van der Waals surface area contributed by atoms with Crippen LogP contribution in [0.2, 0.25) is 20.1 Å². The number of hydrogen-bond donors (Lipinski definition) is 6. The summed E-state index contributed by atoms with van der Waals surface area (Å²) >= 11 is 22.3. The number of aryl methyl sites for hydroxylation is 1. The molecule has 0 aromatic heterocycles. The minimum absolute atomic E-state index is 0.0283. The van der Waals surface area contributed by atoms with E-state index >= 15 is 0 Å². The number of rotatable bonds is 14. The third kappa shape index (κ3) is 31.6. The van der Waals surface area contributed by atoms with Crippen LogP contribution >= 0.6 is 46.4 Å². The third-order valence-corrected chi connectivity index (χ3v) is 10.3. The second-order valence-corrected chi connectivity index (χ2v) is 17.8. The Morgan fingerprint density at radius 3 is 1.11 bits per heavy atom. The fourth-order valence-electron chi connectivity index (χ4n) is 5.77. The molecule has 0 atom stereocenters. The lowest BCUT2D eigenvalue weighted by Crippen LogP contribution is -2.07. The number of carbonyl (C=O) groups is 6. The Morgan fingerprint density at radius 1 is 0.382 bits per heavy atom. The lowest BCUT2D eigenvalue weighted by molar-refractivity contribution is -0.138. The first-order valence-electron chi connectivity index (χ1n) is 22.0. The number of benzene rings is 6. The van der Waals surface area contributed by atoms with E-state index in [-0.39, 0.29) is 42.7 Å². The van der Waals surface area contributed by atoms with Gasteiger partial charge in [-0.3, -0.25) is 28.8 Å². The van der Waals surface area contributed by atoms with Crippen LogP contribution in [0.5, 0.6) is 0 Å². The Bertz CT molecular complexity index is 2790. The van der Waals surface area contributed by atoms with Gasteiger partial charge < -0.3 is 30.6 Å². The molecule has 6 rings (SSSR count). The highest BCUT2D eigenvalue weighted by Crippen LogP contribution is 2.32. The molecule has 6 aromatic carbocycles. The Balaban J connectivity index is 0.000000458. The summed E-state index contributed by atoms with van der Waals surface area (Å²) in [5, 5.41) is 52.3. The van der Waals surface area contributed by atoms with E-state index in [2.05, 4.69) is 13.8 Å². The molecule has 0 aliphatic rings. The van der Waals surface area contributed by atoms with Gasteiger partial charge in [-0.05, 0) is 118 Å². The summed E-state index contributed by atoms with van der Waals surface area (Å²) < 4.78 is 73.0. The average molecular weight is 1150 g/mol. The van der Waals surface area contributed by atoms with Crippen LogP contribution in [-0.2, 0) is 79.6 Å². The zero-order valence-corrected chi connectivity index (χ0v) is 43.2.